The van der Waals surface area contributed by atoms with Crippen LogP contribution in [-0.4, -0.2) is 11.1 Å². The zero-order chi connectivity index (χ0) is 9.30. The Labute approximate surface area is 82.3 Å². The molecule has 0 heterocycles. The minimum absolute atomic E-state index is 0.00309. The van der Waals surface area contributed by atoms with Gasteiger partial charge < -0.3 is 10.8 Å². The Morgan fingerprint density at radius 3 is 2.58 bits per heavy atom. The van der Waals surface area contributed by atoms with Crippen LogP contribution in [0.25, 0.3) is 0 Å². The van der Waals surface area contributed by atoms with E-state index in [1.54, 1.807) is 6.07 Å². The SMILES string of the molecule is Nc1ccc(Cl)c(C(=O)O)c1Br. The smallest absolute Gasteiger partial charge is 0.338 e. The van der Waals surface area contributed by atoms with Gasteiger partial charge in [-0.05, 0) is 28.1 Å². The molecule has 1 aromatic carbocycles. The fourth-order valence-corrected chi connectivity index (χ4v) is 1.63. The molecular weight excluding hydrogens is 245 g/mol. The number of carboxylic acids is 1. The predicted molar refractivity (Wildman–Crippen MR) is 50.5 cm³/mol. The van der Waals surface area contributed by atoms with E-state index in [1.807, 2.05) is 0 Å². The molecule has 0 fully saturated rings. The summed E-state index contributed by atoms with van der Waals surface area (Å²) in [6.45, 7) is 0. The van der Waals surface area contributed by atoms with Crippen molar-refractivity contribution in [2.24, 2.45) is 0 Å². The van der Waals surface area contributed by atoms with E-state index >= 15 is 0 Å². The summed E-state index contributed by atoms with van der Waals surface area (Å²) in [6.07, 6.45) is 0. The highest BCUT2D eigenvalue weighted by Crippen LogP contribution is 2.29. The average molecular weight is 250 g/mol. The van der Waals surface area contributed by atoms with Gasteiger partial charge >= 0.3 is 5.97 Å². The lowest BCUT2D eigenvalue weighted by Gasteiger charge is -2.03. The summed E-state index contributed by atoms with van der Waals surface area (Å²) in [7, 11) is 0. The number of benzene rings is 1. The molecule has 12 heavy (non-hydrogen) atoms. The van der Waals surface area contributed by atoms with Gasteiger partial charge in [0.05, 0.1) is 15.1 Å². The number of aromatic carboxylic acids is 1. The molecule has 0 saturated carbocycles. The van der Waals surface area contributed by atoms with Gasteiger partial charge in [-0.25, -0.2) is 4.79 Å². The van der Waals surface area contributed by atoms with E-state index in [0.717, 1.165) is 0 Å². The number of rotatable bonds is 1. The van der Waals surface area contributed by atoms with Crippen LogP contribution >= 0.6 is 27.5 Å². The molecule has 3 nitrogen and oxygen atoms in total. The molecule has 0 aliphatic heterocycles. The fourth-order valence-electron chi connectivity index (χ4n) is 0.765. The first-order chi connectivity index (χ1) is 5.54. The van der Waals surface area contributed by atoms with Crippen molar-refractivity contribution in [1.82, 2.24) is 0 Å². The van der Waals surface area contributed by atoms with Gasteiger partial charge in [-0.3, -0.25) is 0 Å². The fraction of sp³-hybridized carbons (Fsp3) is 0. The highest BCUT2D eigenvalue weighted by molar-refractivity contribution is 9.10. The van der Waals surface area contributed by atoms with Crippen molar-refractivity contribution in [2.75, 3.05) is 5.73 Å². The summed E-state index contributed by atoms with van der Waals surface area (Å²) in [5.74, 6) is -1.10. The number of nitrogen functional groups attached to an aromatic ring is 1. The van der Waals surface area contributed by atoms with E-state index in [1.165, 1.54) is 6.07 Å². The molecular formula is C7H5BrClNO2. The van der Waals surface area contributed by atoms with Crippen LogP contribution in [0.15, 0.2) is 16.6 Å². The van der Waals surface area contributed by atoms with Crippen molar-refractivity contribution in [1.29, 1.82) is 0 Å². The molecule has 0 unspecified atom stereocenters. The highest BCUT2D eigenvalue weighted by atomic mass is 79.9. The van der Waals surface area contributed by atoms with Crippen LogP contribution < -0.4 is 5.73 Å². The third kappa shape index (κ3) is 1.54. The lowest BCUT2D eigenvalue weighted by atomic mass is 10.2. The molecule has 0 atom stereocenters. The summed E-state index contributed by atoms with van der Waals surface area (Å²) in [5.41, 5.74) is 5.81. The van der Waals surface area contributed by atoms with Crippen LogP contribution in [0.1, 0.15) is 10.4 Å². The average Bonchev–Trinajstić information content (AvgIpc) is 1.97. The maximum absolute atomic E-state index is 10.6. The molecule has 5 heteroatoms. The second-order valence-electron chi connectivity index (χ2n) is 2.13. The third-order valence-electron chi connectivity index (χ3n) is 1.33. The Hall–Kier alpha value is -0.740. The Bertz CT molecular complexity index is 340. The Balaban J connectivity index is 3.43. The Morgan fingerprint density at radius 1 is 1.58 bits per heavy atom. The van der Waals surface area contributed by atoms with E-state index < -0.39 is 5.97 Å². The van der Waals surface area contributed by atoms with Crippen molar-refractivity contribution >= 4 is 39.2 Å². The molecule has 0 radical (unpaired) electrons. The van der Waals surface area contributed by atoms with Crippen LogP contribution in [0.3, 0.4) is 0 Å². The number of nitrogens with two attached hydrogens (primary N) is 1. The second kappa shape index (κ2) is 3.33. The number of carboxylic acid groups (broad SMARTS) is 1. The van der Waals surface area contributed by atoms with E-state index in [9.17, 15) is 4.79 Å². The van der Waals surface area contributed by atoms with E-state index in [0.29, 0.717) is 10.2 Å². The van der Waals surface area contributed by atoms with Crippen LogP contribution in [0.5, 0.6) is 0 Å². The first kappa shape index (κ1) is 9.35. The molecule has 0 bridgehead atoms. The minimum Gasteiger partial charge on any atom is -0.478 e. The molecule has 0 aliphatic rings. The van der Waals surface area contributed by atoms with Gasteiger partial charge in [0.2, 0.25) is 0 Å². The largest absolute Gasteiger partial charge is 0.478 e. The second-order valence-corrected chi connectivity index (χ2v) is 3.33. The maximum atomic E-state index is 10.6. The lowest BCUT2D eigenvalue weighted by Crippen LogP contribution is -2.01. The first-order valence-electron chi connectivity index (χ1n) is 3.01. The molecule has 1 rings (SSSR count). The van der Waals surface area contributed by atoms with Crippen LogP contribution in [0.2, 0.25) is 5.02 Å². The standard InChI is InChI=1S/C7H5BrClNO2/c8-6-4(10)2-1-3(9)5(6)7(11)12/h1-2H,10H2,(H,11,12). The summed E-state index contributed by atoms with van der Waals surface area (Å²) < 4.78 is 0.322. The van der Waals surface area contributed by atoms with Gasteiger partial charge in [0.25, 0.3) is 0 Å². The van der Waals surface area contributed by atoms with E-state index in [-0.39, 0.29) is 10.6 Å². The van der Waals surface area contributed by atoms with Gasteiger partial charge in [0, 0.05) is 5.69 Å². The predicted octanol–water partition coefficient (Wildman–Crippen LogP) is 2.38. The zero-order valence-corrected chi connectivity index (χ0v) is 8.19. The van der Waals surface area contributed by atoms with Crippen molar-refractivity contribution in [3.8, 4) is 0 Å². The number of anilines is 1. The minimum atomic E-state index is -1.10. The highest BCUT2D eigenvalue weighted by Gasteiger charge is 2.14. The van der Waals surface area contributed by atoms with Crippen molar-refractivity contribution in [3.05, 3.63) is 27.2 Å². The first-order valence-corrected chi connectivity index (χ1v) is 4.18. The third-order valence-corrected chi connectivity index (χ3v) is 2.50. The summed E-state index contributed by atoms with van der Waals surface area (Å²) in [4.78, 5) is 10.6. The Kier molecular flexibility index (Phi) is 2.59. The Morgan fingerprint density at radius 2 is 2.17 bits per heavy atom. The summed E-state index contributed by atoms with van der Waals surface area (Å²) >= 11 is 8.67. The van der Waals surface area contributed by atoms with Gasteiger partial charge in [0.1, 0.15) is 0 Å². The summed E-state index contributed by atoms with van der Waals surface area (Å²) in [6, 6.07) is 2.99. The molecule has 0 saturated heterocycles. The van der Waals surface area contributed by atoms with Crippen molar-refractivity contribution < 1.29 is 9.90 Å². The zero-order valence-electron chi connectivity index (χ0n) is 5.84. The normalized spacial score (nSPS) is 9.83. The van der Waals surface area contributed by atoms with E-state index in [4.69, 9.17) is 22.4 Å². The van der Waals surface area contributed by atoms with Gasteiger partial charge in [-0.1, -0.05) is 11.6 Å². The number of hydrogen-bond acceptors (Lipinski definition) is 2. The van der Waals surface area contributed by atoms with Crippen LogP contribution in [0, 0.1) is 0 Å². The maximum Gasteiger partial charge on any atom is 0.338 e. The van der Waals surface area contributed by atoms with Crippen molar-refractivity contribution in [2.45, 2.75) is 0 Å². The molecule has 0 amide bonds. The molecule has 0 aromatic heterocycles. The monoisotopic (exact) mass is 249 g/mol. The van der Waals surface area contributed by atoms with E-state index in [2.05, 4.69) is 15.9 Å². The van der Waals surface area contributed by atoms with Crippen LogP contribution in [-0.2, 0) is 0 Å². The number of carbonyl (C=O) groups is 1. The van der Waals surface area contributed by atoms with Crippen LogP contribution in [0.4, 0.5) is 5.69 Å². The van der Waals surface area contributed by atoms with Gasteiger partial charge in [-0.15, -0.1) is 0 Å². The quantitative estimate of drug-likeness (QED) is 0.752. The molecule has 0 aliphatic carbocycles. The molecule has 0 spiro atoms. The molecule has 1 aromatic rings. The van der Waals surface area contributed by atoms with Gasteiger partial charge in [0.15, 0.2) is 0 Å². The van der Waals surface area contributed by atoms with Gasteiger partial charge in [-0.2, -0.15) is 0 Å². The molecule has 3 N–H and O–H groups in total. The number of hydrogen-bond donors (Lipinski definition) is 2. The summed E-state index contributed by atoms with van der Waals surface area (Å²) in [5, 5.41) is 8.87. The topological polar surface area (TPSA) is 63.3 Å². The molecule has 64 valence electrons. The lowest BCUT2D eigenvalue weighted by molar-refractivity contribution is 0.0696. The number of halogens is 2. The van der Waals surface area contributed by atoms with Crippen molar-refractivity contribution in [3.63, 3.8) is 0 Å².